The minimum Gasteiger partial charge on any atom is -0.497 e. The van der Waals surface area contributed by atoms with Gasteiger partial charge in [-0.15, -0.1) is 0 Å². The zero-order valence-electron chi connectivity index (χ0n) is 19.3. The van der Waals surface area contributed by atoms with Gasteiger partial charge in [-0.25, -0.2) is 4.99 Å². The third kappa shape index (κ3) is 5.30. The van der Waals surface area contributed by atoms with Crippen LogP contribution in [0.5, 0.6) is 5.75 Å². The molecule has 6 nitrogen and oxygen atoms in total. The van der Waals surface area contributed by atoms with Crippen LogP contribution in [0.1, 0.15) is 43.7 Å². The molecule has 7 heteroatoms. The maximum atomic E-state index is 13.4. The molecule has 0 saturated carbocycles. The number of amidine groups is 1. The highest BCUT2D eigenvalue weighted by Crippen LogP contribution is 2.31. The van der Waals surface area contributed by atoms with Gasteiger partial charge in [0.05, 0.1) is 12.8 Å². The van der Waals surface area contributed by atoms with Crippen molar-refractivity contribution in [1.29, 1.82) is 0 Å². The Morgan fingerprint density at radius 3 is 2.61 bits per heavy atom. The lowest BCUT2D eigenvalue weighted by molar-refractivity contribution is -0.127. The summed E-state index contributed by atoms with van der Waals surface area (Å²) >= 11 is 1.49. The molecule has 2 aliphatic heterocycles. The SMILES string of the molecule is COc1cccc(N2C(=O)C(=Cc3ccc(C(C)C)cc3)N=C2SCCN2CCCC2=O)c1. The largest absolute Gasteiger partial charge is 0.497 e. The summed E-state index contributed by atoms with van der Waals surface area (Å²) in [5.74, 6) is 1.83. The van der Waals surface area contributed by atoms with E-state index in [0.717, 1.165) is 18.5 Å². The topological polar surface area (TPSA) is 62.2 Å². The number of carbonyl (C=O) groups excluding carboxylic acids is 2. The highest BCUT2D eigenvalue weighted by atomic mass is 32.2. The predicted octanol–water partition coefficient (Wildman–Crippen LogP) is 4.92. The van der Waals surface area contributed by atoms with Gasteiger partial charge in [0, 0.05) is 31.3 Å². The first kappa shape index (κ1) is 23.1. The summed E-state index contributed by atoms with van der Waals surface area (Å²) in [6.07, 6.45) is 3.38. The van der Waals surface area contributed by atoms with Crippen molar-refractivity contribution in [2.45, 2.75) is 32.6 Å². The van der Waals surface area contributed by atoms with Gasteiger partial charge in [0.2, 0.25) is 5.91 Å². The van der Waals surface area contributed by atoms with Crippen molar-refractivity contribution in [3.05, 3.63) is 65.4 Å². The average molecular weight is 464 g/mol. The Morgan fingerprint density at radius 1 is 1.15 bits per heavy atom. The van der Waals surface area contributed by atoms with E-state index in [1.165, 1.54) is 17.3 Å². The minimum absolute atomic E-state index is 0.170. The molecule has 2 aromatic rings. The fraction of sp³-hybridized carbons (Fsp3) is 0.346. The summed E-state index contributed by atoms with van der Waals surface area (Å²) in [5, 5.41) is 0.616. The maximum absolute atomic E-state index is 13.4. The van der Waals surface area contributed by atoms with E-state index in [2.05, 4.69) is 26.0 Å². The van der Waals surface area contributed by atoms with Gasteiger partial charge in [-0.05, 0) is 41.7 Å². The van der Waals surface area contributed by atoms with Crippen LogP contribution >= 0.6 is 11.8 Å². The van der Waals surface area contributed by atoms with Crippen molar-refractivity contribution in [2.24, 2.45) is 4.99 Å². The lowest BCUT2D eigenvalue weighted by atomic mass is 10.0. The van der Waals surface area contributed by atoms with Crippen molar-refractivity contribution < 1.29 is 14.3 Å². The van der Waals surface area contributed by atoms with Crippen molar-refractivity contribution >= 4 is 40.5 Å². The molecule has 0 bridgehead atoms. The molecule has 4 rings (SSSR count). The Hall–Kier alpha value is -3.06. The number of nitrogens with zero attached hydrogens (tertiary/aromatic N) is 3. The number of hydrogen-bond donors (Lipinski definition) is 0. The van der Waals surface area contributed by atoms with Gasteiger partial charge in [-0.3, -0.25) is 14.5 Å². The molecule has 0 aromatic heterocycles. The number of thioether (sulfide) groups is 1. The fourth-order valence-electron chi connectivity index (χ4n) is 3.89. The number of amides is 2. The number of hydrogen-bond acceptors (Lipinski definition) is 5. The van der Waals surface area contributed by atoms with Gasteiger partial charge in [0.25, 0.3) is 5.91 Å². The summed E-state index contributed by atoms with van der Waals surface area (Å²) in [6, 6.07) is 15.6. The summed E-state index contributed by atoms with van der Waals surface area (Å²) in [7, 11) is 1.61. The van der Waals surface area contributed by atoms with E-state index in [9.17, 15) is 9.59 Å². The molecule has 0 radical (unpaired) electrons. The molecule has 2 heterocycles. The molecule has 0 N–H and O–H groups in total. The highest BCUT2D eigenvalue weighted by Gasteiger charge is 2.32. The van der Waals surface area contributed by atoms with Crippen molar-refractivity contribution in [1.82, 2.24) is 4.90 Å². The first-order chi connectivity index (χ1) is 16.0. The van der Waals surface area contributed by atoms with Gasteiger partial charge < -0.3 is 9.64 Å². The van der Waals surface area contributed by atoms with E-state index < -0.39 is 0 Å². The predicted molar refractivity (Wildman–Crippen MR) is 135 cm³/mol. The van der Waals surface area contributed by atoms with E-state index in [-0.39, 0.29) is 11.8 Å². The number of rotatable bonds is 7. The molecule has 0 unspecified atom stereocenters. The molecule has 1 fully saturated rings. The van der Waals surface area contributed by atoms with E-state index in [4.69, 9.17) is 9.73 Å². The Balaban J connectivity index is 1.59. The number of carbonyl (C=O) groups is 2. The molecule has 2 aromatic carbocycles. The van der Waals surface area contributed by atoms with Crippen molar-refractivity contribution in [2.75, 3.05) is 30.9 Å². The number of benzene rings is 2. The van der Waals surface area contributed by atoms with E-state index in [1.807, 2.05) is 47.4 Å². The van der Waals surface area contributed by atoms with Crippen LogP contribution in [0.4, 0.5) is 5.69 Å². The zero-order chi connectivity index (χ0) is 23.4. The molecule has 2 aliphatic rings. The molecule has 0 aliphatic carbocycles. The monoisotopic (exact) mass is 463 g/mol. The molecule has 0 spiro atoms. The number of methoxy groups -OCH3 is 1. The lowest BCUT2D eigenvalue weighted by Crippen LogP contribution is -2.32. The van der Waals surface area contributed by atoms with E-state index in [1.54, 1.807) is 12.0 Å². The van der Waals surface area contributed by atoms with Crippen LogP contribution in [-0.4, -0.2) is 47.8 Å². The third-order valence-corrected chi connectivity index (χ3v) is 6.73. The molecule has 172 valence electrons. The van der Waals surface area contributed by atoms with Crippen LogP contribution in [0.25, 0.3) is 6.08 Å². The first-order valence-electron chi connectivity index (χ1n) is 11.3. The number of anilines is 1. The molecule has 2 amide bonds. The minimum atomic E-state index is -0.170. The van der Waals surface area contributed by atoms with E-state index in [0.29, 0.717) is 46.9 Å². The van der Waals surface area contributed by atoms with Gasteiger partial charge in [-0.1, -0.05) is 55.9 Å². The Morgan fingerprint density at radius 2 is 1.94 bits per heavy atom. The molecular formula is C26H29N3O3S. The average Bonchev–Trinajstić information content (AvgIpc) is 3.36. The van der Waals surface area contributed by atoms with Gasteiger partial charge >= 0.3 is 0 Å². The van der Waals surface area contributed by atoms with Gasteiger partial charge in [-0.2, -0.15) is 0 Å². The Labute approximate surface area is 199 Å². The van der Waals surface area contributed by atoms with E-state index >= 15 is 0 Å². The summed E-state index contributed by atoms with van der Waals surface area (Å²) in [6.45, 7) is 5.77. The summed E-state index contributed by atoms with van der Waals surface area (Å²) < 4.78 is 5.35. The second-order valence-corrected chi connectivity index (χ2v) is 9.48. The normalized spacial score (nSPS) is 17.5. The van der Waals surface area contributed by atoms with Crippen molar-refractivity contribution in [3.8, 4) is 5.75 Å². The van der Waals surface area contributed by atoms with Crippen LogP contribution in [0.3, 0.4) is 0 Å². The Kier molecular flexibility index (Phi) is 7.18. The maximum Gasteiger partial charge on any atom is 0.283 e. The second kappa shape index (κ2) is 10.3. The van der Waals surface area contributed by atoms with Crippen LogP contribution in [0.15, 0.2) is 59.2 Å². The first-order valence-corrected chi connectivity index (χ1v) is 12.2. The Bertz CT molecular complexity index is 1090. The van der Waals surface area contributed by atoms with Crippen LogP contribution in [0, 0.1) is 0 Å². The number of ether oxygens (including phenoxy) is 1. The van der Waals surface area contributed by atoms with Crippen LogP contribution < -0.4 is 9.64 Å². The smallest absolute Gasteiger partial charge is 0.283 e. The molecular weight excluding hydrogens is 434 g/mol. The zero-order valence-corrected chi connectivity index (χ0v) is 20.1. The standard InChI is InChI=1S/C26H29N3O3S/c1-18(2)20-11-9-19(10-12-20)16-23-25(31)29(21-6-4-7-22(17-21)32-3)26(27-23)33-15-14-28-13-5-8-24(28)30/h4,6-7,9-12,16-18H,5,8,13-15H2,1-3H3. The van der Waals surface area contributed by atoms with Crippen molar-refractivity contribution in [3.63, 3.8) is 0 Å². The number of likely N-dealkylation sites (tertiary alicyclic amines) is 1. The van der Waals surface area contributed by atoms with Gasteiger partial charge in [0.1, 0.15) is 11.4 Å². The van der Waals surface area contributed by atoms with Gasteiger partial charge in [0.15, 0.2) is 5.17 Å². The molecule has 0 atom stereocenters. The second-order valence-electron chi connectivity index (χ2n) is 8.42. The number of aliphatic imine (C=N–C) groups is 1. The van der Waals surface area contributed by atoms with Crippen LogP contribution in [0.2, 0.25) is 0 Å². The highest BCUT2D eigenvalue weighted by molar-refractivity contribution is 8.14. The summed E-state index contributed by atoms with van der Waals surface area (Å²) in [5.41, 5.74) is 3.30. The third-order valence-electron chi connectivity index (χ3n) is 5.81. The van der Waals surface area contributed by atoms with Crippen LogP contribution in [-0.2, 0) is 9.59 Å². The quantitative estimate of drug-likeness (QED) is 0.547. The molecule has 33 heavy (non-hydrogen) atoms. The molecule has 1 saturated heterocycles. The summed E-state index contributed by atoms with van der Waals surface area (Å²) in [4.78, 5) is 33.5. The lowest BCUT2D eigenvalue weighted by Gasteiger charge is -2.20. The fourth-order valence-corrected chi connectivity index (χ4v) is 4.87.